The van der Waals surface area contributed by atoms with Gasteiger partial charge in [0, 0.05) is 17.3 Å². The summed E-state index contributed by atoms with van der Waals surface area (Å²) in [5, 5.41) is 6.88. The van der Waals surface area contributed by atoms with Crippen LogP contribution in [0.1, 0.15) is 0 Å². The van der Waals surface area contributed by atoms with Crippen LogP contribution in [-0.2, 0) is 0 Å². The smallest absolute Gasteiger partial charge is 0.141 e. The highest BCUT2D eigenvalue weighted by molar-refractivity contribution is 5.68. The second kappa shape index (κ2) is 4.29. The molecular formula is C13H11N5. The monoisotopic (exact) mass is 237 g/mol. The van der Waals surface area contributed by atoms with Gasteiger partial charge in [-0.15, -0.1) is 0 Å². The van der Waals surface area contributed by atoms with Crippen molar-refractivity contribution in [2.24, 2.45) is 0 Å². The summed E-state index contributed by atoms with van der Waals surface area (Å²) in [5.41, 5.74) is 9.35. The first-order valence-corrected chi connectivity index (χ1v) is 5.50. The van der Waals surface area contributed by atoms with Crippen molar-refractivity contribution in [3.63, 3.8) is 0 Å². The summed E-state index contributed by atoms with van der Waals surface area (Å²) in [5.74, 6) is 0.420. The van der Waals surface area contributed by atoms with Crippen LogP contribution in [0.5, 0.6) is 0 Å². The van der Waals surface area contributed by atoms with E-state index >= 15 is 0 Å². The number of nitrogen functional groups attached to an aromatic ring is 1. The minimum atomic E-state index is 0.420. The number of nitrogens with one attached hydrogen (secondary N) is 1. The van der Waals surface area contributed by atoms with E-state index in [0.29, 0.717) is 5.82 Å². The van der Waals surface area contributed by atoms with Crippen LogP contribution in [0.4, 0.5) is 5.82 Å². The van der Waals surface area contributed by atoms with E-state index in [1.807, 2.05) is 30.3 Å². The van der Waals surface area contributed by atoms with Crippen molar-refractivity contribution in [3.05, 3.63) is 48.9 Å². The number of anilines is 1. The van der Waals surface area contributed by atoms with Crippen LogP contribution in [0.25, 0.3) is 22.5 Å². The quantitative estimate of drug-likeness (QED) is 0.715. The van der Waals surface area contributed by atoms with Gasteiger partial charge in [0.2, 0.25) is 0 Å². The second-order valence-corrected chi connectivity index (χ2v) is 3.88. The van der Waals surface area contributed by atoms with Gasteiger partial charge in [0.1, 0.15) is 5.82 Å². The molecule has 2 heterocycles. The molecule has 0 unspecified atom stereocenters. The van der Waals surface area contributed by atoms with Gasteiger partial charge in [0.05, 0.1) is 23.8 Å². The van der Waals surface area contributed by atoms with E-state index in [-0.39, 0.29) is 0 Å². The minimum absolute atomic E-state index is 0.420. The molecule has 0 amide bonds. The van der Waals surface area contributed by atoms with Crippen molar-refractivity contribution in [2.45, 2.75) is 0 Å². The van der Waals surface area contributed by atoms with Gasteiger partial charge < -0.3 is 5.73 Å². The molecule has 0 saturated carbocycles. The molecular weight excluding hydrogens is 226 g/mol. The van der Waals surface area contributed by atoms with Gasteiger partial charge in [-0.05, 0) is 12.1 Å². The maximum Gasteiger partial charge on any atom is 0.141 e. The molecule has 5 heteroatoms. The third-order valence-corrected chi connectivity index (χ3v) is 2.64. The van der Waals surface area contributed by atoms with Crippen LogP contribution in [0.2, 0.25) is 0 Å². The largest absolute Gasteiger partial charge is 0.382 e. The number of hydrogen-bond acceptors (Lipinski definition) is 4. The van der Waals surface area contributed by atoms with Gasteiger partial charge in [-0.3, -0.25) is 10.1 Å². The van der Waals surface area contributed by atoms with Crippen LogP contribution in [0.3, 0.4) is 0 Å². The molecule has 0 aliphatic heterocycles. The lowest BCUT2D eigenvalue weighted by atomic mass is 10.1. The Kier molecular flexibility index (Phi) is 2.49. The van der Waals surface area contributed by atoms with Gasteiger partial charge in [0.25, 0.3) is 0 Å². The molecule has 0 atom stereocenters. The Hall–Kier alpha value is -2.69. The highest BCUT2D eigenvalue weighted by atomic mass is 15.1. The molecule has 5 nitrogen and oxygen atoms in total. The molecule has 0 fully saturated rings. The third kappa shape index (κ3) is 1.93. The van der Waals surface area contributed by atoms with Crippen LogP contribution < -0.4 is 5.73 Å². The highest BCUT2D eigenvalue weighted by Gasteiger charge is 2.03. The van der Waals surface area contributed by atoms with Gasteiger partial charge >= 0.3 is 0 Å². The number of aromatic nitrogens is 4. The highest BCUT2D eigenvalue weighted by Crippen LogP contribution is 2.23. The lowest BCUT2D eigenvalue weighted by molar-refractivity contribution is 1.10. The van der Waals surface area contributed by atoms with Crippen LogP contribution >= 0.6 is 0 Å². The van der Waals surface area contributed by atoms with E-state index in [1.165, 1.54) is 0 Å². The Morgan fingerprint density at radius 1 is 1.00 bits per heavy atom. The van der Waals surface area contributed by atoms with Crippen LogP contribution in [0.15, 0.2) is 48.9 Å². The van der Waals surface area contributed by atoms with Crippen molar-refractivity contribution in [1.29, 1.82) is 0 Å². The fourth-order valence-electron chi connectivity index (χ4n) is 1.75. The maximum absolute atomic E-state index is 5.52. The zero-order chi connectivity index (χ0) is 12.4. The minimum Gasteiger partial charge on any atom is -0.382 e. The fraction of sp³-hybridized carbons (Fsp3) is 0. The fourth-order valence-corrected chi connectivity index (χ4v) is 1.75. The van der Waals surface area contributed by atoms with Crippen LogP contribution in [0, 0.1) is 0 Å². The number of hydrogen-bond donors (Lipinski definition) is 2. The topological polar surface area (TPSA) is 80.5 Å². The zero-order valence-corrected chi connectivity index (χ0v) is 9.54. The van der Waals surface area contributed by atoms with E-state index in [2.05, 4.69) is 20.2 Å². The number of nitrogens with zero attached hydrogens (tertiary/aromatic N) is 3. The average molecular weight is 237 g/mol. The molecule has 2 aromatic heterocycles. The molecule has 0 spiro atoms. The van der Waals surface area contributed by atoms with E-state index in [4.69, 9.17) is 5.73 Å². The summed E-state index contributed by atoms with van der Waals surface area (Å²) in [4.78, 5) is 8.30. The van der Waals surface area contributed by atoms with Gasteiger partial charge in [-0.2, -0.15) is 5.10 Å². The van der Waals surface area contributed by atoms with Crippen molar-refractivity contribution in [1.82, 2.24) is 20.2 Å². The average Bonchev–Trinajstić information content (AvgIpc) is 2.94. The Morgan fingerprint density at radius 3 is 2.61 bits per heavy atom. The standard InChI is InChI=1S/C13H11N5/c14-13-8-15-12(7-16-13)10-3-1-2-9(6-10)11-4-5-17-18-11/h1-8H,(H2,14,16)(H,17,18). The summed E-state index contributed by atoms with van der Waals surface area (Å²) < 4.78 is 0. The van der Waals surface area contributed by atoms with E-state index in [9.17, 15) is 0 Å². The number of nitrogens with two attached hydrogens (primary N) is 1. The normalized spacial score (nSPS) is 10.4. The zero-order valence-electron chi connectivity index (χ0n) is 9.54. The van der Waals surface area contributed by atoms with Crippen molar-refractivity contribution in [2.75, 3.05) is 5.73 Å². The summed E-state index contributed by atoms with van der Waals surface area (Å²) in [6, 6.07) is 9.94. The van der Waals surface area contributed by atoms with Crippen molar-refractivity contribution in [3.8, 4) is 22.5 Å². The SMILES string of the molecule is Nc1cnc(-c2cccc(-c3ccn[nH]3)c2)cn1. The first kappa shape index (κ1) is 10.5. The Bertz CT molecular complexity index is 643. The Balaban J connectivity index is 2.03. The molecule has 0 radical (unpaired) electrons. The molecule has 3 rings (SSSR count). The summed E-state index contributed by atoms with van der Waals surface area (Å²) in [6.07, 6.45) is 4.95. The van der Waals surface area contributed by atoms with Gasteiger partial charge in [0.15, 0.2) is 0 Å². The molecule has 3 aromatic rings. The summed E-state index contributed by atoms with van der Waals surface area (Å²) in [7, 11) is 0. The molecule has 0 bridgehead atoms. The predicted molar refractivity (Wildman–Crippen MR) is 69.5 cm³/mol. The van der Waals surface area contributed by atoms with E-state index in [1.54, 1.807) is 18.6 Å². The predicted octanol–water partition coefficient (Wildman–Crippen LogP) is 2.12. The molecule has 18 heavy (non-hydrogen) atoms. The number of benzene rings is 1. The maximum atomic E-state index is 5.52. The first-order valence-electron chi connectivity index (χ1n) is 5.50. The molecule has 0 saturated heterocycles. The van der Waals surface area contributed by atoms with E-state index < -0.39 is 0 Å². The molecule has 3 N–H and O–H groups in total. The van der Waals surface area contributed by atoms with Crippen molar-refractivity contribution >= 4 is 5.82 Å². The first-order chi connectivity index (χ1) is 8.83. The second-order valence-electron chi connectivity index (χ2n) is 3.88. The lowest BCUT2D eigenvalue weighted by Gasteiger charge is -2.03. The number of aromatic amines is 1. The third-order valence-electron chi connectivity index (χ3n) is 2.64. The van der Waals surface area contributed by atoms with E-state index in [0.717, 1.165) is 22.5 Å². The summed E-state index contributed by atoms with van der Waals surface area (Å²) in [6.45, 7) is 0. The Morgan fingerprint density at radius 2 is 1.89 bits per heavy atom. The molecule has 1 aromatic carbocycles. The molecule has 0 aliphatic carbocycles. The lowest BCUT2D eigenvalue weighted by Crippen LogP contribution is -1.92. The van der Waals surface area contributed by atoms with Crippen LogP contribution in [-0.4, -0.2) is 20.2 Å². The Labute approximate surface area is 104 Å². The number of H-pyrrole nitrogens is 1. The number of rotatable bonds is 2. The summed E-state index contributed by atoms with van der Waals surface area (Å²) >= 11 is 0. The molecule has 0 aliphatic rings. The molecule has 88 valence electrons. The van der Waals surface area contributed by atoms with Gasteiger partial charge in [-0.1, -0.05) is 18.2 Å². The van der Waals surface area contributed by atoms with Gasteiger partial charge in [-0.25, -0.2) is 4.98 Å². The van der Waals surface area contributed by atoms with Crippen molar-refractivity contribution < 1.29 is 0 Å².